The van der Waals surface area contributed by atoms with Gasteiger partial charge in [-0.25, -0.2) is 4.79 Å². The fourth-order valence-electron chi connectivity index (χ4n) is 0.356. The van der Waals surface area contributed by atoms with E-state index in [9.17, 15) is 4.79 Å². The summed E-state index contributed by atoms with van der Waals surface area (Å²) in [5, 5.41) is 0. The molecule has 0 saturated heterocycles. The van der Waals surface area contributed by atoms with Crippen LogP contribution >= 0.6 is 23.5 Å². The summed E-state index contributed by atoms with van der Waals surface area (Å²) in [7, 11) is 1.37. The molecule has 0 spiro atoms. The van der Waals surface area contributed by atoms with Crippen LogP contribution in [0.4, 0.5) is 0 Å². The highest BCUT2D eigenvalue weighted by atomic mass is 32.2. The first-order valence-corrected chi connectivity index (χ1v) is 5.07. The van der Waals surface area contributed by atoms with Crippen molar-refractivity contribution in [2.24, 2.45) is 0 Å². The summed E-state index contributed by atoms with van der Waals surface area (Å²) in [6, 6.07) is 0. The van der Waals surface area contributed by atoms with Crippen molar-refractivity contribution in [2.45, 2.75) is 0 Å². The van der Waals surface area contributed by atoms with E-state index in [-0.39, 0.29) is 5.97 Å². The lowest BCUT2D eigenvalue weighted by Crippen LogP contribution is -1.94. The first-order chi connectivity index (χ1) is 4.74. The van der Waals surface area contributed by atoms with Gasteiger partial charge in [0.2, 0.25) is 0 Å². The van der Waals surface area contributed by atoms with Crippen molar-refractivity contribution in [2.75, 3.05) is 19.6 Å². The Labute approximate surface area is 69.4 Å². The third-order valence-electron chi connectivity index (χ3n) is 0.839. The van der Waals surface area contributed by atoms with Gasteiger partial charge >= 0.3 is 5.97 Å². The summed E-state index contributed by atoms with van der Waals surface area (Å²) in [4.78, 5) is 10.6. The molecule has 0 aliphatic carbocycles. The van der Waals surface area contributed by atoms with Crippen molar-refractivity contribution in [3.05, 3.63) is 10.3 Å². The van der Waals surface area contributed by atoms with Gasteiger partial charge in [-0.3, -0.25) is 0 Å². The lowest BCUT2D eigenvalue weighted by atomic mass is 10.7. The van der Waals surface area contributed by atoms with E-state index in [0.29, 0.717) is 0 Å². The van der Waals surface area contributed by atoms with Crippen molar-refractivity contribution in [3.8, 4) is 0 Å². The number of hydrogen-bond donors (Lipinski definition) is 0. The van der Waals surface area contributed by atoms with E-state index in [0.717, 1.165) is 4.24 Å². The van der Waals surface area contributed by atoms with E-state index in [1.807, 2.05) is 12.5 Å². The largest absolute Gasteiger partial charge is 0.466 e. The molecule has 0 bridgehead atoms. The molecule has 0 saturated carbocycles. The highest BCUT2D eigenvalue weighted by Crippen LogP contribution is 2.22. The van der Waals surface area contributed by atoms with E-state index in [1.54, 1.807) is 0 Å². The van der Waals surface area contributed by atoms with Gasteiger partial charge < -0.3 is 4.74 Å². The summed E-state index contributed by atoms with van der Waals surface area (Å²) in [6.07, 6.45) is 5.33. The molecule has 2 nitrogen and oxygen atoms in total. The SMILES string of the molecule is COC(=O)C=C(SC)SC. The highest BCUT2D eigenvalue weighted by Gasteiger charge is 1.97. The van der Waals surface area contributed by atoms with Gasteiger partial charge in [0.25, 0.3) is 0 Å². The van der Waals surface area contributed by atoms with Gasteiger partial charge in [-0.1, -0.05) is 0 Å². The zero-order valence-corrected chi connectivity index (χ0v) is 7.84. The topological polar surface area (TPSA) is 26.3 Å². The molecule has 0 aliphatic heterocycles. The second-order valence-electron chi connectivity index (χ2n) is 1.39. The molecule has 10 heavy (non-hydrogen) atoms. The summed E-state index contributed by atoms with van der Waals surface area (Å²) >= 11 is 3.07. The molecule has 0 aromatic heterocycles. The molecule has 0 unspecified atom stereocenters. The van der Waals surface area contributed by atoms with Gasteiger partial charge in [-0.2, -0.15) is 0 Å². The summed E-state index contributed by atoms with van der Waals surface area (Å²) < 4.78 is 5.41. The van der Waals surface area contributed by atoms with E-state index in [1.165, 1.54) is 36.7 Å². The lowest BCUT2D eigenvalue weighted by molar-refractivity contribution is -0.134. The third-order valence-corrected chi connectivity index (χ3v) is 2.88. The van der Waals surface area contributed by atoms with Gasteiger partial charge in [0.15, 0.2) is 0 Å². The minimum Gasteiger partial charge on any atom is -0.466 e. The first-order valence-electron chi connectivity index (χ1n) is 2.62. The van der Waals surface area contributed by atoms with Crippen molar-refractivity contribution in [1.29, 1.82) is 0 Å². The Morgan fingerprint density at radius 2 is 1.90 bits per heavy atom. The summed E-state index contributed by atoms with van der Waals surface area (Å²) in [6.45, 7) is 0. The van der Waals surface area contributed by atoms with Crippen molar-refractivity contribution in [3.63, 3.8) is 0 Å². The lowest BCUT2D eigenvalue weighted by Gasteiger charge is -1.96. The van der Waals surface area contributed by atoms with Crippen LogP contribution in [0.3, 0.4) is 0 Å². The smallest absolute Gasteiger partial charge is 0.332 e. The maximum atomic E-state index is 10.6. The van der Waals surface area contributed by atoms with Gasteiger partial charge in [0.1, 0.15) is 0 Å². The van der Waals surface area contributed by atoms with Crippen LogP contribution in [0.2, 0.25) is 0 Å². The molecule has 4 heteroatoms. The monoisotopic (exact) mass is 178 g/mol. The Bertz CT molecular complexity index is 137. The molecule has 0 heterocycles. The van der Waals surface area contributed by atoms with Gasteiger partial charge in [0, 0.05) is 10.3 Å². The fourth-order valence-corrected chi connectivity index (χ4v) is 1.45. The highest BCUT2D eigenvalue weighted by molar-refractivity contribution is 8.21. The molecule has 0 aromatic carbocycles. The average molecular weight is 178 g/mol. The van der Waals surface area contributed by atoms with Crippen molar-refractivity contribution < 1.29 is 9.53 Å². The van der Waals surface area contributed by atoms with Gasteiger partial charge in [-0.05, 0) is 12.5 Å². The minimum atomic E-state index is -0.293. The maximum Gasteiger partial charge on any atom is 0.332 e. The van der Waals surface area contributed by atoms with Crippen LogP contribution in [0.15, 0.2) is 10.3 Å². The van der Waals surface area contributed by atoms with Crippen molar-refractivity contribution in [1.82, 2.24) is 0 Å². The number of carbonyl (C=O) groups excluding carboxylic acids is 1. The molecular weight excluding hydrogens is 168 g/mol. The Hall–Kier alpha value is -0.0900. The molecular formula is C6H10O2S2. The number of rotatable bonds is 3. The Morgan fingerprint density at radius 1 is 1.40 bits per heavy atom. The Morgan fingerprint density at radius 3 is 2.20 bits per heavy atom. The number of ether oxygens (including phenoxy) is 1. The van der Waals surface area contributed by atoms with E-state index >= 15 is 0 Å². The van der Waals surface area contributed by atoms with E-state index < -0.39 is 0 Å². The summed E-state index contributed by atoms with van der Waals surface area (Å²) in [5.41, 5.74) is 0. The standard InChI is InChI=1S/C6H10O2S2/c1-8-5(7)4-6(9-2)10-3/h4H,1-3H3. The second kappa shape index (κ2) is 5.68. The number of thioether (sulfide) groups is 2. The Balaban J connectivity index is 3.96. The third kappa shape index (κ3) is 3.85. The van der Waals surface area contributed by atoms with E-state index in [4.69, 9.17) is 0 Å². The van der Waals surface area contributed by atoms with Crippen LogP contribution in [-0.4, -0.2) is 25.6 Å². The zero-order chi connectivity index (χ0) is 7.98. The first kappa shape index (κ1) is 9.91. The normalized spacial score (nSPS) is 8.70. The van der Waals surface area contributed by atoms with Crippen molar-refractivity contribution >= 4 is 29.5 Å². The van der Waals surface area contributed by atoms with Gasteiger partial charge in [0.05, 0.1) is 7.11 Å². The molecule has 0 atom stereocenters. The van der Waals surface area contributed by atoms with Crippen LogP contribution in [0.25, 0.3) is 0 Å². The predicted molar refractivity (Wildman–Crippen MR) is 47.1 cm³/mol. The number of esters is 1. The summed E-state index contributed by atoms with van der Waals surface area (Å²) in [5.74, 6) is -0.293. The number of hydrogen-bond acceptors (Lipinski definition) is 4. The Kier molecular flexibility index (Phi) is 5.63. The molecule has 0 aromatic rings. The molecule has 0 N–H and O–H groups in total. The average Bonchev–Trinajstić information content (AvgIpc) is 1.99. The number of carbonyl (C=O) groups is 1. The van der Waals surface area contributed by atoms with Crippen LogP contribution in [-0.2, 0) is 9.53 Å². The molecule has 0 aliphatic rings. The quantitative estimate of drug-likeness (QED) is 0.485. The van der Waals surface area contributed by atoms with Gasteiger partial charge in [-0.15, -0.1) is 23.5 Å². The number of methoxy groups -OCH3 is 1. The van der Waals surface area contributed by atoms with Crippen LogP contribution in [0.1, 0.15) is 0 Å². The fraction of sp³-hybridized carbons (Fsp3) is 0.500. The predicted octanol–water partition coefficient (Wildman–Crippen LogP) is 1.73. The molecule has 58 valence electrons. The minimum absolute atomic E-state index is 0.293. The van der Waals surface area contributed by atoms with Crippen LogP contribution < -0.4 is 0 Å². The molecule has 0 rings (SSSR count). The zero-order valence-electron chi connectivity index (χ0n) is 6.21. The van der Waals surface area contributed by atoms with E-state index in [2.05, 4.69) is 4.74 Å². The second-order valence-corrected chi connectivity index (χ2v) is 3.35. The van der Waals surface area contributed by atoms with Crippen LogP contribution in [0.5, 0.6) is 0 Å². The van der Waals surface area contributed by atoms with Crippen LogP contribution in [0, 0.1) is 0 Å². The maximum absolute atomic E-state index is 10.6. The molecule has 0 amide bonds. The molecule has 0 fully saturated rings. The molecule has 0 radical (unpaired) electrons.